The Morgan fingerprint density at radius 3 is 2.38 bits per heavy atom. The largest absolute Gasteiger partial charge is 0.493 e. The molecule has 0 bridgehead atoms. The van der Waals surface area contributed by atoms with Gasteiger partial charge in [0.25, 0.3) is 5.91 Å². The lowest BCUT2D eigenvalue weighted by Crippen LogP contribution is -2.33. The molecule has 1 unspecified atom stereocenters. The zero-order chi connectivity index (χ0) is 21.2. The maximum atomic E-state index is 12.0. The molecule has 156 valence electrons. The summed E-state index contributed by atoms with van der Waals surface area (Å²) in [5, 5.41) is 3.27. The molecule has 29 heavy (non-hydrogen) atoms. The first-order chi connectivity index (χ1) is 13.9. The van der Waals surface area contributed by atoms with Crippen molar-refractivity contribution in [3.8, 4) is 17.2 Å². The highest BCUT2D eigenvalue weighted by Crippen LogP contribution is 2.27. The van der Waals surface area contributed by atoms with Crippen molar-refractivity contribution >= 4 is 23.5 Å². The Kier molecular flexibility index (Phi) is 8.61. The van der Waals surface area contributed by atoms with Gasteiger partial charge in [-0.25, -0.2) is 4.79 Å². The number of amides is 1. The number of carbonyl (C=O) groups excluding carboxylic acids is 2. The fourth-order valence-corrected chi connectivity index (χ4v) is 2.58. The fourth-order valence-electron chi connectivity index (χ4n) is 2.45. The molecule has 0 radical (unpaired) electrons. The number of nitrogens with one attached hydrogen (secondary N) is 1. The summed E-state index contributed by atoms with van der Waals surface area (Å²) in [6.45, 7) is 1.56. The molecule has 1 N–H and O–H groups in total. The van der Waals surface area contributed by atoms with E-state index in [2.05, 4.69) is 5.32 Å². The zero-order valence-electron chi connectivity index (χ0n) is 16.6. The van der Waals surface area contributed by atoms with Crippen LogP contribution in [0.1, 0.15) is 12.5 Å². The molecule has 0 saturated carbocycles. The Labute approximate surface area is 174 Å². The van der Waals surface area contributed by atoms with Crippen LogP contribution in [0, 0.1) is 0 Å². The highest BCUT2D eigenvalue weighted by molar-refractivity contribution is 6.30. The third-order valence-corrected chi connectivity index (χ3v) is 4.24. The minimum atomic E-state index is -0.851. The Morgan fingerprint density at radius 1 is 1.03 bits per heavy atom. The van der Waals surface area contributed by atoms with Crippen molar-refractivity contribution in [3.05, 3.63) is 53.1 Å². The first-order valence-electron chi connectivity index (χ1n) is 8.99. The summed E-state index contributed by atoms with van der Waals surface area (Å²) in [4.78, 5) is 23.9. The second kappa shape index (κ2) is 11.2. The fraction of sp³-hybridized carbons (Fsp3) is 0.333. The van der Waals surface area contributed by atoms with Crippen LogP contribution in [0.15, 0.2) is 42.5 Å². The Morgan fingerprint density at radius 2 is 1.72 bits per heavy atom. The van der Waals surface area contributed by atoms with E-state index in [0.717, 1.165) is 5.56 Å². The number of ether oxygens (including phenoxy) is 4. The van der Waals surface area contributed by atoms with Crippen LogP contribution >= 0.6 is 11.6 Å². The van der Waals surface area contributed by atoms with Gasteiger partial charge in [-0.2, -0.15) is 0 Å². The maximum absolute atomic E-state index is 12.0. The molecular weight excluding hydrogens is 398 g/mol. The highest BCUT2D eigenvalue weighted by Gasteiger charge is 2.17. The van der Waals surface area contributed by atoms with E-state index in [9.17, 15) is 9.59 Å². The van der Waals surface area contributed by atoms with Crippen molar-refractivity contribution in [1.29, 1.82) is 0 Å². The molecule has 2 rings (SSSR count). The maximum Gasteiger partial charge on any atom is 0.347 e. The number of hydrogen-bond donors (Lipinski definition) is 1. The molecule has 1 atom stereocenters. The zero-order valence-corrected chi connectivity index (χ0v) is 17.3. The Hall–Kier alpha value is -2.93. The lowest BCUT2D eigenvalue weighted by Gasteiger charge is -2.14. The predicted octanol–water partition coefficient (Wildman–Crippen LogP) is 3.03. The quantitative estimate of drug-likeness (QED) is 0.594. The van der Waals surface area contributed by atoms with Gasteiger partial charge in [-0.1, -0.05) is 17.7 Å². The minimum absolute atomic E-state index is 0.376. The molecule has 8 heteroatoms. The molecule has 0 fully saturated rings. The number of benzene rings is 2. The Balaban J connectivity index is 1.71. The SMILES string of the molecule is COc1ccc(CCNC(=O)COC(=O)C(C)Oc2ccc(Cl)cc2)cc1OC. The van der Waals surface area contributed by atoms with Gasteiger partial charge in [-0.3, -0.25) is 4.79 Å². The van der Waals surface area contributed by atoms with Gasteiger partial charge in [-0.05, 0) is 55.3 Å². The molecule has 2 aromatic carbocycles. The van der Waals surface area contributed by atoms with E-state index >= 15 is 0 Å². The van der Waals surface area contributed by atoms with E-state index in [1.54, 1.807) is 51.5 Å². The number of hydrogen-bond acceptors (Lipinski definition) is 6. The third-order valence-electron chi connectivity index (χ3n) is 3.99. The Bertz CT molecular complexity index is 824. The van der Waals surface area contributed by atoms with E-state index in [4.69, 9.17) is 30.5 Å². The van der Waals surface area contributed by atoms with Crippen molar-refractivity contribution in [2.75, 3.05) is 27.4 Å². The lowest BCUT2D eigenvalue weighted by molar-refractivity contribution is -0.154. The molecule has 0 aliphatic carbocycles. The van der Waals surface area contributed by atoms with E-state index in [1.807, 2.05) is 12.1 Å². The summed E-state index contributed by atoms with van der Waals surface area (Å²) in [5.41, 5.74) is 0.977. The normalized spacial score (nSPS) is 11.3. The summed E-state index contributed by atoms with van der Waals surface area (Å²) in [7, 11) is 3.13. The van der Waals surface area contributed by atoms with Crippen LogP contribution in [-0.2, 0) is 20.7 Å². The molecule has 1 amide bonds. The van der Waals surface area contributed by atoms with Gasteiger partial charge >= 0.3 is 5.97 Å². The minimum Gasteiger partial charge on any atom is -0.493 e. The first-order valence-corrected chi connectivity index (χ1v) is 9.37. The second-order valence-corrected chi connectivity index (χ2v) is 6.55. The molecule has 0 aliphatic heterocycles. The highest BCUT2D eigenvalue weighted by atomic mass is 35.5. The van der Waals surface area contributed by atoms with Crippen LogP contribution in [0.5, 0.6) is 17.2 Å². The number of rotatable bonds is 10. The lowest BCUT2D eigenvalue weighted by atomic mass is 10.1. The number of methoxy groups -OCH3 is 2. The van der Waals surface area contributed by atoms with Crippen molar-refractivity contribution in [2.45, 2.75) is 19.4 Å². The smallest absolute Gasteiger partial charge is 0.347 e. The van der Waals surface area contributed by atoms with Crippen LogP contribution in [0.4, 0.5) is 0 Å². The van der Waals surface area contributed by atoms with E-state index in [0.29, 0.717) is 35.2 Å². The molecule has 0 saturated heterocycles. The van der Waals surface area contributed by atoms with Crippen molar-refractivity contribution in [3.63, 3.8) is 0 Å². The number of esters is 1. The third kappa shape index (κ3) is 7.19. The van der Waals surface area contributed by atoms with Crippen LogP contribution in [0.25, 0.3) is 0 Å². The molecule has 0 heterocycles. The summed E-state index contributed by atoms with van der Waals surface area (Å²) >= 11 is 5.80. The number of carbonyl (C=O) groups is 2. The summed E-state index contributed by atoms with van der Waals surface area (Å²) in [6, 6.07) is 12.1. The van der Waals surface area contributed by atoms with Gasteiger partial charge < -0.3 is 24.3 Å². The summed E-state index contributed by atoms with van der Waals surface area (Å²) in [6.07, 6.45) is -0.258. The molecule has 2 aromatic rings. The van der Waals surface area contributed by atoms with Gasteiger partial charge in [0.2, 0.25) is 0 Å². The second-order valence-electron chi connectivity index (χ2n) is 6.11. The monoisotopic (exact) mass is 421 g/mol. The summed E-state index contributed by atoms with van der Waals surface area (Å²) < 4.78 is 20.9. The van der Waals surface area contributed by atoms with Crippen molar-refractivity contribution < 1.29 is 28.5 Å². The summed E-state index contributed by atoms with van der Waals surface area (Å²) in [5.74, 6) is 0.729. The van der Waals surface area contributed by atoms with Crippen LogP contribution < -0.4 is 19.5 Å². The topological polar surface area (TPSA) is 83.1 Å². The van der Waals surface area contributed by atoms with E-state index in [1.165, 1.54) is 0 Å². The molecule has 0 aliphatic rings. The van der Waals surface area contributed by atoms with Gasteiger partial charge in [-0.15, -0.1) is 0 Å². The molecule has 0 aromatic heterocycles. The predicted molar refractivity (Wildman–Crippen MR) is 109 cm³/mol. The first kappa shape index (κ1) is 22.4. The molecular formula is C21H24ClNO6. The van der Waals surface area contributed by atoms with Crippen molar-refractivity contribution in [2.24, 2.45) is 0 Å². The van der Waals surface area contributed by atoms with Gasteiger partial charge in [0, 0.05) is 11.6 Å². The van der Waals surface area contributed by atoms with Crippen LogP contribution in [-0.4, -0.2) is 45.4 Å². The standard InChI is InChI=1S/C21H24ClNO6/c1-14(29-17-7-5-16(22)6-8-17)21(25)28-13-20(24)23-11-10-15-4-9-18(26-2)19(12-15)27-3/h4-9,12,14H,10-11,13H2,1-3H3,(H,23,24). The average molecular weight is 422 g/mol. The van der Waals surface area contributed by atoms with Gasteiger partial charge in [0.15, 0.2) is 24.2 Å². The molecule has 0 spiro atoms. The van der Waals surface area contributed by atoms with Crippen LogP contribution in [0.2, 0.25) is 5.02 Å². The average Bonchev–Trinajstić information content (AvgIpc) is 2.73. The van der Waals surface area contributed by atoms with Gasteiger partial charge in [0.1, 0.15) is 5.75 Å². The van der Waals surface area contributed by atoms with Crippen molar-refractivity contribution in [1.82, 2.24) is 5.32 Å². The van der Waals surface area contributed by atoms with E-state index in [-0.39, 0.29) is 6.61 Å². The number of halogens is 1. The molecule has 7 nitrogen and oxygen atoms in total. The van der Waals surface area contributed by atoms with Crippen LogP contribution in [0.3, 0.4) is 0 Å². The van der Waals surface area contributed by atoms with E-state index < -0.39 is 18.0 Å². The van der Waals surface area contributed by atoms with Gasteiger partial charge in [0.05, 0.1) is 14.2 Å².